The van der Waals surface area contributed by atoms with Crippen LogP contribution >= 0.6 is 11.3 Å². The Hall–Kier alpha value is -6.62. The smallest absolute Gasteiger partial charge is 0.0790 e. The Kier molecular flexibility index (Phi) is 5.65. The van der Waals surface area contributed by atoms with Crippen molar-refractivity contribution in [1.82, 2.24) is 8.80 Å². The fraction of sp³-hybridized carbons (Fsp3) is 0. The fourth-order valence-electron chi connectivity index (χ4n) is 8.86. The van der Waals surface area contributed by atoms with Gasteiger partial charge in [0.1, 0.15) is 0 Å². The van der Waals surface area contributed by atoms with E-state index in [-0.39, 0.29) is 0 Å². The van der Waals surface area contributed by atoms with Crippen LogP contribution in [0.15, 0.2) is 176 Å². The van der Waals surface area contributed by atoms with Gasteiger partial charge in [0.15, 0.2) is 0 Å². The third kappa shape index (κ3) is 3.74. The SMILES string of the molecule is c1ccc(-c2cccc(N(c3ccccc3)c3ccc4sc5cc6c7c(c8ccccc8n7c7cccc8c9ccccc9n6c87)c5c4c3)c2)cc1. The maximum Gasteiger partial charge on any atom is 0.0790 e. The van der Waals surface area contributed by atoms with Gasteiger partial charge in [-0.3, -0.25) is 0 Å². The Labute approximate surface area is 302 Å². The van der Waals surface area contributed by atoms with Gasteiger partial charge in [0.25, 0.3) is 0 Å². The molecule has 0 aliphatic carbocycles. The Morgan fingerprint density at radius 1 is 0.346 bits per heavy atom. The molecule has 8 aromatic carbocycles. The van der Waals surface area contributed by atoms with E-state index in [9.17, 15) is 0 Å². The van der Waals surface area contributed by atoms with E-state index in [0.717, 1.165) is 17.1 Å². The van der Waals surface area contributed by atoms with Crippen molar-refractivity contribution in [3.05, 3.63) is 176 Å². The van der Waals surface area contributed by atoms with Crippen LogP contribution in [0.3, 0.4) is 0 Å². The first-order chi connectivity index (χ1) is 25.8. The van der Waals surface area contributed by atoms with E-state index in [2.05, 4.69) is 190 Å². The third-order valence-corrected chi connectivity index (χ3v) is 12.1. The van der Waals surface area contributed by atoms with Gasteiger partial charge < -0.3 is 13.7 Å². The summed E-state index contributed by atoms with van der Waals surface area (Å²) in [6.07, 6.45) is 0. The number of hydrogen-bond acceptors (Lipinski definition) is 2. The lowest BCUT2D eigenvalue weighted by atomic mass is 10.0. The molecule has 0 aliphatic rings. The summed E-state index contributed by atoms with van der Waals surface area (Å²) in [4.78, 5) is 2.40. The minimum Gasteiger partial charge on any atom is -0.310 e. The number of rotatable bonds is 4. The Morgan fingerprint density at radius 3 is 1.81 bits per heavy atom. The number of benzene rings is 8. The van der Waals surface area contributed by atoms with Crippen molar-refractivity contribution < 1.29 is 0 Å². The van der Waals surface area contributed by atoms with Crippen molar-refractivity contribution >= 4 is 103 Å². The van der Waals surface area contributed by atoms with Crippen LogP contribution < -0.4 is 4.90 Å². The number of nitrogens with zero attached hydrogens (tertiary/aromatic N) is 3. The van der Waals surface area contributed by atoms with Crippen molar-refractivity contribution in [2.75, 3.05) is 4.90 Å². The Morgan fingerprint density at radius 2 is 0.962 bits per heavy atom. The molecule has 52 heavy (non-hydrogen) atoms. The molecule has 12 rings (SSSR count). The molecule has 4 heterocycles. The van der Waals surface area contributed by atoms with Crippen molar-refractivity contribution in [2.24, 2.45) is 0 Å². The molecular weight excluding hydrogens is 651 g/mol. The fourth-order valence-corrected chi connectivity index (χ4v) is 9.99. The summed E-state index contributed by atoms with van der Waals surface area (Å²) in [6, 6.07) is 64.4. The van der Waals surface area contributed by atoms with Gasteiger partial charge in [-0.2, -0.15) is 0 Å². The third-order valence-electron chi connectivity index (χ3n) is 11.0. The first-order valence-corrected chi connectivity index (χ1v) is 18.6. The van der Waals surface area contributed by atoms with Crippen LogP contribution in [-0.2, 0) is 0 Å². The maximum absolute atomic E-state index is 2.53. The van der Waals surface area contributed by atoms with Gasteiger partial charge in [0, 0.05) is 58.8 Å². The predicted molar refractivity (Wildman–Crippen MR) is 223 cm³/mol. The summed E-state index contributed by atoms with van der Waals surface area (Å²) >= 11 is 1.90. The molecule has 0 aliphatic heterocycles. The molecule has 242 valence electrons. The monoisotopic (exact) mass is 679 g/mol. The zero-order valence-electron chi connectivity index (χ0n) is 28.0. The van der Waals surface area contributed by atoms with Gasteiger partial charge >= 0.3 is 0 Å². The van der Waals surface area contributed by atoms with E-state index >= 15 is 0 Å². The second-order valence-corrected chi connectivity index (χ2v) is 14.8. The number of hydrogen-bond donors (Lipinski definition) is 0. The predicted octanol–water partition coefficient (Wildman–Crippen LogP) is 13.7. The molecule has 0 spiro atoms. The summed E-state index contributed by atoms with van der Waals surface area (Å²) in [6.45, 7) is 0. The highest BCUT2D eigenvalue weighted by Crippen LogP contribution is 2.48. The molecule has 0 unspecified atom stereocenters. The number of thiophene rings is 1. The van der Waals surface area contributed by atoms with E-state index in [1.54, 1.807) is 0 Å². The van der Waals surface area contributed by atoms with Crippen LogP contribution in [0.2, 0.25) is 0 Å². The lowest BCUT2D eigenvalue weighted by Crippen LogP contribution is -2.09. The van der Waals surface area contributed by atoms with E-state index in [0.29, 0.717) is 0 Å². The van der Waals surface area contributed by atoms with E-state index in [1.165, 1.54) is 85.9 Å². The zero-order valence-corrected chi connectivity index (χ0v) is 28.8. The molecule has 0 bridgehead atoms. The summed E-state index contributed by atoms with van der Waals surface area (Å²) < 4.78 is 7.65. The second kappa shape index (κ2) is 10.5. The van der Waals surface area contributed by atoms with Crippen LogP contribution in [-0.4, -0.2) is 8.80 Å². The second-order valence-electron chi connectivity index (χ2n) is 13.7. The van der Waals surface area contributed by atoms with E-state index in [4.69, 9.17) is 0 Å². The zero-order chi connectivity index (χ0) is 33.9. The Bertz CT molecular complexity index is 3350. The molecule has 0 atom stereocenters. The van der Waals surface area contributed by atoms with Gasteiger partial charge in [0.05, 0.1) is 33.1 Å². The van der Waals surface area contributed by atoms with Crippen molar-refractivity contribution in [1.29, 1.82) is 0 Å². The molecule has 4 heteroatoms. The molecule has 0 saturated carbocycles. The van der Waals surface area contributed by atoms with Crippen molar-refractivity contribution in [2.45, 2.75) is 0 Å². The normalized spacial score (nSPS) is 12.2. The summed E-state index contributed by atoms with van der Waals surface area (Å²) in [5.74, 6) is 0. The summed E-state index contributed by atoms with van der Waals surface area (Å²) in [5.41, 5.74) is 13.3. The molecule has 12 aromatic rings. The molecular formula is C48H29N3S. The van der Waals surface area contributed by atoms with Crippen LogP contribution in [0.1, 0.15) is 0 Å². The molecule has 0 fully saturated rings. The quantitative estimate of drug-likeness (QED) is 0.169. The van der Waals surface area contributed by atoms with Crippen LogP contribution in [0.5, 0.6) is 0 Å². The summed E-state index contributed by atoms with van der Waals surface area (Å²) in [5, 5.41) is 7.81. The van der Waals surface area contributed by atoms with Gasteiger partial charge in [-0.15, -0.1) is 11.3 Å². The van der Waals surface area contributed by atoms with E-state index < -0.39 is 0 Å². The van der Waals surface area contributed by atoms with Gasteiger partial charge in [0.2, 0.25) is 0 Å². The van der Waals surface area contributed by atoms with Gasteiger partial charge in [-0.25, -0.2) is 0 Å². The standard InChI is InChI=1S/C48H29N3S/c1-3-13-30(14-4-1)31-15-11-18-33(27-31)49(32-16-5-2-6-17-32)34-25-26-43-38(28-34)45-44(52-43)29-42-48-46(45)37-20-8-10-23-40(37)50(48)41-24-12-21-36-35-19-7-9-22-39(35)51(42)47(36)41/h1-29H. The van der Waals surface area contributed by atoms with Crippen LogP contribution in [0.4, 0.5) is 17.1 Å². The van der Waals surface area contributed by atoms with Crippen LogP contribution in [0, 0.1) is 0 Å². The maximum atomic E-state index is 2.53. The first kappa shape index (κ1) is 28.1. The topological polar surface area (TPSA) is 12.1 Å². The largest absolute Gasteiger partial charge is 0.310 e. The number of anilines is 3. The number of fused-ring (bicyclic) bond motifs is 12. The van der Waals surface area contributed by atoms with Crippen molar-refractivity contribution in [3.63, 3.8) is 0 Å². The molecule has 0 amide bonds. The molecule has 0 saturated heterocycles. The lowest BCUT2D eigenvalue weighted by molar-refractivity contribution is 1.26. The van der Waals surface area contributed by atoms with E-state index in [1.807, 2.05) is 11.3 Å². The number of aromatic nitrogens is 2. The highest BCUT2D eigenvalue weighted by Gasteiger charge is 2.24. The molecule has 0 radical (unpaired) electrons. The number of para-hydroxylation sites is 4. The summed E-state index contributed by atoms with van der Waals surface area (Å²) in [7, 11) is 0. The molecule has 4 aromatic heterocycles. The minimum atomic E-state index is 1.13. The van der Waals surface area contributed by atoms with Crippen molar-refractivity contribution in [3.8, 4) is 11.1 Å². The average molecular weight is 680 g/mol. The minimum absolute atomic E-state index is 1.13. The first-order valence-electron chi connectivity index (χ1n) is 17.8. The lowest BCUT2D eigenvalue weighted by Gasteiger charge is -2.26. The Balaban J connectivity index is 1.20. The highest BCUT2D eigenvalue weighted by atomic mass is 32.1. The van der Waals surface area contributed by atoms with Crippen LogP contribution in [0.25, 0.3) is 85.9 Å². The molecule has 0 N–H and O–H groups in total. The molecule has 3 nitrogen and oxygen atoms in total. The average Bonchev–Trinajstić information content (AvgIpc) is 3.86. The van der Waals surface area contributed by atoms with Gasteiger partial charge in [-0.1, -0.05) is 109 Å². The van der Waals surface area contributed by atoms with Gasteiger partial charge in [-0.05, 0) is 77.9 Å². The highest BCUT2D eigenvalue weighted by molar-refractivity contribution is 7.26.